The van der Waals surface area contributed by atoms with Crippen molar-refractivity contribution in [2.45, 2.75) is 71.1 Å². The molecule has 0 radical (unpaired) electrons. The van der Waals surface area contributed by atoms with Gasteiger partial charge < -0.3 is 15.0 Å². The third-order valence-corrected chi connectivity index (χ3v) is 4.68. The van der Waals surface area contributed by atoms with Crippen LogP contribution in [0, 0.1) is 5.92 Å². The van der Waals surface area contributed by atoms with E-state index in [9.17, 15) is 0 Å². The minimum Gasteiger partial charge on any atom is -0.374 e. The molecule has 0 amide bonds. The Morgan fingerprint density at radius 3 is 2.26 bits per heavy atom. The molecule has 4 atom stereocenters. The Balaban J connectivity index is 2.26. The van der Waals surface area contributed by atoms with Gasteiger partial charge >= 0.3 is 0 Å². The summed E-state index contributed by atoms with van der Waals surface area (Å²) in [5.74, 6) is 1.82. The van der Waals surface area contributed by atoms with Gasteiger partial charge in [-0.25, -0.2) is 0 Å². The van der Waals surface area contributed by atoms with Gasteiger partial charge in [-0.15, -0.1) is 0 Å². The van der Waals surface area contributed by atoms with Crippen molar-refractivity contribution in [3.05, 3.63) is 11.7 Å². The summed E-state index contributed by atoms with van der Waals surface area (Å²) in [6.45, 7) is 10.4. The second kappa shape index (κ2) is 5.21. The van der Waals surface area contributed by atoms with Crippen molar-refractivity contribution in [3.8, 4) is 0 Å². The highest BCUT2D eigenvalue weighted by molar-refractivity contribution is 5.08. The van der Waals surface area contributed by atoms with Crippen molar-refractivity contribution >= 4 is 0 Å². The first-order chi connectivity index (χ1) is 8.92. The predicted octanol–water partition coefficient (Wildman–Crippen LogP) is 2.57. The smallest absolute Gasteiger partial charge is 0.232 e. The van der Waals surface area contributed by atoms with Crippen LogP contribution in [-0.2, 0) is 10.3 Å². The van der Waals surface area contributed by atoms with Crippen molar-refractivity contribution in [3.63, 3.8) is 0 Å². The van der Waals surface area contributed by atoms with Gasteiger partial charge in [0.05, 0.1) is 23.7 Å². The molecule has 0 aliphatic carbocycles. The van der Waals surface area contributed by atoms with Crippen LogP contribution in [0.25, 0.3) is 0 Å². The van der Waals surface area contributed by atoms with Gasteiger partial charge in [0.25, 0.3) is 0 Å². The molecule has 5 nitrogen and oxygen atoms in total. The van der Waals surface area contributed by atoms with Crippen LogP contribution in [0.5, 0.6) is 0 Å². The molecular weight excluding hydrogens is 242 g/mol. The average Bonchev–Trinajstić information content (AvgIpc) is 2.95. The lowest BCUT2D eigenvalue weighted by atomic mass is 9.89. The van der Waals surface area contributed by atoms with Crippen LogP contribution in [0.15, 0.2) is 4.52 Å². The molecule has 19 heavy (non-hydrogen) atoms. The summed E-state index contributed by atoms with van der Waals surface area (Å²) in [6.07, 6.45) is 1.92. The Bertz CT molecular complexity index is 428. The van der Waals surface area contributed by atoms with E-state index < -0.39 is 5.54 Å². The molecule has 1 aliphatic heterocycles. The summed E-state index contributed by atoms with van der Waals surface area (Å²) >= 11 is 0. The van der Waals surface area contributed by atoms with Crippen LogP contribution in [-0.4, -0.2) is 22.3 Å². The fourth-order valence-electron chi connectivity index (χ4n) is 2.83. The monoisotopic (exact) mass is 267 g/mol. The van der Waals surface area contributed by atoms with Gasteiger partial charge in [-0.3, -0.25) is 0 Å². The Morgan fingerprint density at radius 1 is 1.16 bits per heavy atom. The first-order valence-electron chi connectivity index (χ1n) is 7.21. The highest BCUT2D eigenvalue weighted by Crippen LogP contribution is 2.39. The topological polar surface area (TPSA) is 74.2 Å². The van der Waals surface area contributed by atoms with Gasteiger partial charge in [-0.05, 0) is 32.6 Å². The summed E-state index contributed by atoms with van der Waals surface area (Å²) in [5.41, 5.74) is 5.82. The maximum absolute atomic E-state index is 6.31. The third-order valence-electron chi connectivity index (χ3n) is 4.68. The molecule has 5 heteroatoms. The third kappa shape index (κ3) is 2.41. The van der Waals surface area contributed by atoms with Gasteiger partial charge in [-0.1, -0.05) is 25.9 Å². The summed E-state index contributed by atoms with van der Waals surface area (Å²) in [4.78, 5) is 4.56. The zero-order valence-electron chi connectivity index (χ0n) is 12.5. The Kier molecular flexibility index (Phi) is 3.97. The fourth-order valence-corrected chi connectivity index (χ4v) is 2.83. The van der Waals surface area contributed by atoms with Gasteiger partial charge in [0.2, 0.25) is 5.89 Å². The summed E-state index contributed by atoms with van der Waals surface area (Å²) in [5, 5.41) is 4.10. The number of nitrogens with two attached hydrogens (primary N) is 1. The van der Waals surface area contributed by atoms with E-state index in [4.69, 9.17) is 15.0 Å². The number of rotatable bonds is 4. The van der Waals surface area contributed by atoms with E-state index in [-0.39, 0.29) is 18.1 Å². The van der Waals surface area contributed by atoms with E-state index in [0.29, 0.717) is 17.6 Å². The molecule has 0 aromatic carbocycles. The lowest BCUT2D eigenvalue weighted by Crippen LogP contribution is -2.36. The molecule has 1 saturated heterocycles. The highest BCUT2D eigenvalue weighted by atomic mass is 16.5. The summed E-state index contributed by atoms with van der Waals surface area (Å²) in [7, 11) is 0. The number of aromatic nitrogens is 2. The van der Waals surface area contributed by atoms with Crippen LogP contribution < -0.4 is 5.73 Å². The largest absolute Gasteiger partial charge is 0.374 e. The van der Waals surface area contributed by atoms with Gasteiger partial charge in [0.15, 0.2) is 5.82 Å². The van der Waals surface area contributed by atoms with Gasteiger partial charge in [-0.2, -0.15) is 4.98 Å². The molecule has 4 unspecified atom stereocenters. The first-order valence-corrected chi connectivity index (χ1v) is 7.21. The van der Waals surface area contributed by atoms with Crippen molar-refractivity contribution in [2.24, 2.45) is 11.7 Å². The molecule has 2 heterocycles. The molecule has 0 saturated carbocycles. The molecule has 1 aromatic heterocycles. The van der Waals surface area contributed by atoms with Gasteiger partial charge in [0, 0.05) is 0 Å². The lowest BCUT2D eigenvalue weighted by molar-refractivity contribution is 0.0542. The standard InChI is InChI=1S/C14H25N3O2/c1-6-14(15,7-2)13-16-12(19-17-13)11-8(3)9(4)18-10(11)5/h8-11H,6-7,15H2,1-5H3. The summed E-state index contributed by atoms with van der Waals surface area (Å²) in [6, 6.07) is 0. The second-order valence-electron chi connectivity index (χ2n) is 5.75. The Hall–Kier alpha value is -0.940. The van der Waals surface area contributed by atoms with E-state index in [1.54, 1.807) is 0 Å². The number of ether oxygens (including phenoxy) is 1. The minimum absolute atomic E-state index is 0.105. The fraction of sp³-hybridized carbons (Fsp3) is 0.857. The summed E-state index contributed by atoms with van der Waals surface area (Å²) < 4.78 is 11.3. The van der Waals surface area contributed by atoms with Crippen molar-refractivity contribution in [1.29, 1.82) is 0 Å². The van der Waals surface area contributed by atoms with E-state index in [1.165, 1.54) is 0 Å². The lowest BCUT2D eigenvalue weighted by Gasteiger charge is -2.21. The van der Waals surface area contributed by atoms with Crippen LogP contribution in [0.3, 0.4) is 0 Å². The van der Waals surface area contributed by atoms with Crippen molar-refractivity contribution < 1.29 is 9.26 Å². The predicted molar refractivity (Wildman–Crippen MR) is 72.7 cm³/mol. The molecule has 2 rings (SSSR count). The van der Waals surface area contributed by atoms with E-state index in [0.717, 1.165) is 12.8 Å². The normalized spacial score (nSPS) is 31.9. The molecule has 108 valence electrons. The molecule has 0 bridgehead atoms. The second-order valence-corrected chi connectivity index (χ2v) is 5.75. The SMILES string of the molecule is CCC(N)(CC)c1noc(C2C(C)OC(C)C2C)n1. The maximum atomic E-state index is 6.31. The van der Waals surface area contributed by atoms with Crippen LogP contribution in [0.4, 0.5) is 0 Å². The van der Waals surface area contributed by atoms with Crippen LogP contribution in [0.2, 0.25) is 0 Å². The van der Waals surface area contributed by atoms with Crippen LogP contribution >= 0.6 is 0 Å². The van der Waals surface area contributed by atoms with E-state index in [1.807, 2.05) is 13.8 Å². The Labute approximate surface area is 114 Å². The molecule has 1 aromatic rings. The first kappa shape index (κ1) is 14.5. The molecule has 2 N–H and O–H groups in total. The zero-order valence-corrected chi connectivity index (χ0v) is 12.5. The quantitative estimate of drug-likeness (QED) is 0.907. The van der Waals surface area contributed by atoms with Crippen LogP contribution in [0.1, 0.15) is 65.1 Å². The van der Waals surface area contributed by atoms with E-state index in [2.05, 4.69) is 30.9 Å². The van der Waals surface area contributed by atoms with Crippen molar-refractivity contribution in [1.82, 2.24) is 10.1 Å². The zero-order chi connectivity index (χ0) is 14.2. The average molecular weight is 267 g/mol. The number of hydrogen-bond acceptors (Lipinski definition) is 5. The molecule has 1 aliphatic rings. The van der Waals surface area contributed by atoms with E-state index >= 15 is 0 Å². The van der Waals surface area contributed by atoms with Crippen molar-refractivity contribution in [2.75, 3.05) is 0 Å². The van der Waals surface area contributed by atoms with Gasteiger partial charge in [0.1, 0.15) is 0 Å². The molecule has 0 spiro atoms. The minimum atomic E-state index is -0.487. The maximum Gasteiger partial charge on any atom is 0.232 e. The molecule has 1 fully saturated rings. The number of hydrogen-bond donors (Lipinski definition) is 1. The highest BCUT2D eigenvalue weighted by Gasteiger charge is 2.42. The number of nitrogens with zero attached hydrogens (tertiary/aromatic N) is 2. The Morgan fingerprint density at radius 2 is 1.79 bits per heavy atom. The molecular formula is C14H25N3O2.